The maximum absolute atomic E-state index is 10.9. The number of carbonyl (C=O) groups excluding carboxylic acids is 1. The van der Waals surface area contributed by atoms with Crippen molar-refractivity contribution in [1.82, 2.24) is 5.32 Å². The highest BCUT2D eigenvalue weighted by molar-refractivity contribution is 5.80. The fraction of sp³-hybridized carbons (Fsp3) is 0.667. The number of hydrogen-bond donors (Lipinski definition) is 1. The fourth-order valence-electron chi connectivity index (χ4n) is 0.736. The van der Waals surface area contributed by atoms with E-state index in [4.69, 9.17) is 6.42 Å². The highest BCUT2D eigenvalue weighted by atomic mass is 16.1. The zero-order valence-corrected chi connectivity index (χ0v) is 7.02. The summed E-state index contributed by atoms with van der Waals surface area (Å²) in [6.07, 6.45) is 7.72. The lowest BCUT2D eigenvalue weighted by Crippen LogP contribution is -2.22. The van der Waals surface area contributed by atoms with Crippen LogP contribution < -0.4 is 5.32 Å². The molecular weight excluding hydrogens is 138 g/mol. The van der Waals surface area contributed by atoms with Crippen molar-refractivity contribution in [1.29, 1.82) is 0 Å². The number of unbranched alkanes of at least 4 members (excludes halogenated alkanes) is 1. The fourth-order valence-corrected chi connectivity index (χ4v) is 0.736. The van der Waals surface area contributed by atoms with Gasteiger partial charge in [0, 0.05) is 6.42 Å². The summed E-state index contributed by atoms with van der Waals surface area (Å²) in [5, 5.41) is 2.86. The number of carbonyl (C=O) groups is 1. The topological polar surface area (TPSA) is 29.1 Å². The van der Waals surface area contributed by atoms with Crippen LogP contribution in [0.2, 0.25) is 0 Å². The van der Waals surface area contributed by atoms with Crippen molar-refractivity contribution in [3.05, 3.63) is 0 Å². The molecule has 0 heterocycles. The summed E-state index contributed by atoms with van der Waals surface area (Å²) in [7, 11) is 0. The van der Waals surface area contributed by atoms with Gasteiger partial charge in [0.2, 0.25) is 0 Å². The van der Waals surface area contributed by atoms with E-state index in [9.17, 15) is 4.79 Å². The maximum Gasteiger partial charge on any atom is 0.146 e. The van der Waals surface area contributed by atoms with Gasteiger partial charge in [-0.2, -0.15) is 0 Å². The van der Waals surface area contributed by atoms with Crippen LogP contribution in [0.1, 0.15) is 26.2 Å². The molecule has 1 N–H and O–H groups in total. The highest BCUT2D eigenvalue weighted by Gasteiger charge is 1.97. The van der Waals surface area contributed by atoms with Gasteiger partial charge in [-0.1, -0.05) is 19.3 Å². The molecule has 0 bridgehead atoms. The smallest absolute Gasteiger partial charge is 0.146 e. The lowest BCUT2D eigenvalue weighted by molar-refractivity contribution is -0.118. The molecule has 0 aromatic rings. The van der Waals surface area contributed by atoms with Crippen molar-refractivity contribution in [2.24, 2.45) is 0 Å². The van der Waals surface area contributed by atoms with Gasteiger partial charge in [-0.15, -0.1) is 6.42 Å². The van der Waals surface area contributed by atoms with Crippen molar-refractivity contribution in [3.8, 4) is 12.3 Å². The Bertz CT molecular complexity index is 146. The molecule has 62 valence electrons. The van der Waals surface area contributed by atoms with Crippen molar-refractivity contribution in [2.45, 2.75) is 26.2 Å². The van der Waals surface area contributed by atoms with E-state index < -0.39 is 0 Å². The summed E-state index contributed by atoms with van der Waals surface area (Å²) in [4.78, 5) is 10.9. The molecule has 0 rings (SSSR count). The molecule has 0 aromatic heterocycles. The molecule has 0 spiro atoms. The molecule has 0 aliphatic carbocycles. The average molecular weight is 153 g/mol. The van der Waals surface area contributed by atoms with Gasteiger partial charge in [-0.05, 0) is 6.42 Å². The molecule has 0 unspecified atom stereocenters. The van der Waals surface area contributed by atoms with Crippen LogP contribution >= 0.6 is 0 Å². The van der Waals surface area contributed by atoms with E-state index in [0.29, 0.717) is 19.5 Å². The Morgan fingerprint density at radius 3 is 2.91 bits per heavy atom. The first kappa shape index (κ1) is 10.2. The molecular formula is C9H15NO. The third-order valence-corrected chi connectivity index (χ3v) is 1.36. The summed E-state index contributed by atoms with van der Waals surface area (Å²) in [5.41, 5.74) is 0. The van der Waals surface area contributed by atoms with Gasteiger partial charge in [0.1, 0.15) is 5.78 Å². The Morgan fingerprint density at radius 2 is 2.36 bits per heavy atom. The summed E-state index contributed by atoms with van der Waals surface area (Å²) in [5.74, 6) is 2.67. The summed E-state index contributed by atoms with van der Waals surface area (Å²) in [6, 6.07) is 0. The number of terminal acetylenes is 1. The average Bonchev–Trinajstić information content (AvgIpc) is 2.01. The van der Waals surface area contributed by atoms with Crippen LogP contribution in [0.5, 0.6) is 0 Å². The standard InChI is InChI=1S/C9H15NO/c1-3-5-6-9(11)8-10-7-4-2/h2,10H,3,5-8H2,1H3. The van der Waals surface area contributed by atoms with Gasteiger partial charge < -0.3 is 0 Å². The molecule has 2 heteroatoms. The van der Waals surface area contributed by atoms with Crippen LogP contribution in [0.25, 0.3) is 0 Å². The number of rotatable bonds is 6. The molecule has 0 saturated heterocycles. The third kappa shape index (κ3) is 7.08. The maximum atomic E-state index is 10.9. The Kier molecular flexibility index (Phi) is 6.76. The zero-order chi connectivity index (χ0) is 8.53. The Labute approximate surface area is 68.4 Å². The number of nitrogens with one attached hydrogen (secondary N) is 1. The number of Topliss-reactive ketones (excluding diaryl/α,β-unsaturated/α-hetero) is 1. The van der Waals surface area contributed by atoms with Crippen molar-refractivity contribution >= 4 is 5.78 Å². The van der Waals surface area contributed by atoms with E-state index in [1.807, 2.05) is 0 Å². The predicted octanol–water partition coefficient (Wildman–Crippen LogP) is 0.968. The minimum Gasteiger partial charge on any atom is -0.299 e. The minimum atomic E-state index is 0.252. The molecule has 0 fully saturated rings. The summed E-state index contributed by atoms with van der Waals surface area (Å²) in [6.45, 7) is 2.98. The van der Waals surface area contributed by atoms with E-state index in [-0.39, 0.29) is 5.78 Å². The van der Waals surface area contributed by atoms with Crippen LogP contribution in [-0.4, -0.2) is 18.9 Å². The summed E-state index contributed by atoms with van der Waals surface area (Å²) >= 11 is 0. The molecule has 0 amide bonds. The van der Waals surface area contributed by atoms with Gasteiger partial charge in [-0.25, -0.2) is 0 Å². The highest BCUT2D eigenvalue weighted by Crippen LogP contribution is 1.93. The molecule has 0 aliphatic rings. The van der Waals surface area contributed by atoms with Crippen LogP contribution in [-0.2, 0) is 4.79 Å². The Hall–Kier alpha value is -0.810. The van der Waals surface area contributed by atoms with E-state index in [1.165, 1.54) is 0 Å². The normalized spacial score (nSPS) is 9.09. The molecule has 0 radical (unpaired) electrons. The second-order valence-corrected chi connectivity index (χ2v) is 2.45. The molecule has 0 aliphatic heterocycles. The molecule has 0 aromatic carbocycles. The SMILES string of the molecule is C#CCNCC(=O)CCCC. The van der Waals surface area contributed by atoms with Gasteiger partial charge in [0.15, 0.2) is 0 Å². The number of hydrogen-bond acceptors (Lipinski definition) is 2. The lowest BCUT2D eigenvalue weighted by Gasteiger charge is -1.98. The molecule has 0 saturated carbocycles. The first-order valence-corrected chi connectivity index (χ1v) is 3.97. The van der Waals surface area contributed by atoms with Crippen LogP contribution in [0.4, 0.5) is 0 Å². The van der Waals surface area contributed by atoms with Gasteiger partial charge in [-0.3, -0.25) is 10.1 Å². The molecule has 11 heavy (non-hydrogen) atoms. The second kappa shape index (κ2) is 7.30. The van der Waals surface area contributed by atoms with E-state index in [2.05, 4.69) is 18.2 Å². The van der Waals surface area contributed by atoms with Crippen molar-refractivity contribution < 1.29 is 4.79 Å². The molecule has 2 nitrogen and oxygen atoms in total. The Morgan fingerprint density at radius 1 is 1.64 bits per heavy atom. The quantitative estimate of drug-likeness (QED) is 0.455. The van der Waals surface area contributed by atoms with E-state index >= 15 is 0 Å². The van der Waals surface area contributed by atoms with Gasteiger partial charge in [0.25, 0.3) is 0 Å². The summed E-state index contributed by atoms with van der Waals surface area (Å²) < 4.78 is 0. The largest absolute Gasteiger partial charge is 0.299 e. The van der Waals surface area contributed by atoms with E-state index in [0.717, 1.165) is 12.8 Å². The first-order valence-electron chi connectivity index (χ1n) is 3.97. The Balaban J connectivity index is 3.17. The second-order valence-electron chi connectivity index (χ2n) is 2.45. The third-order valence-electron chi connectivity index (χ3n) is 1.36. The van der Waals surface area contributed by atoms with Crippen molar-refractivity contribution in [3.63, 3.8) is 0 Å². The van der Waals surface area contributed by atoms with Crippen molar-refractivity contribution in [2.75, 3.05) is 13.1 Å². The van der Waals surface area contributed by atoms with Crippen LogP contribution in [0.15, 0.2) is 0 Å². The van der Waals surface area contributed by atoms with E-state index in [1.54, 1.807) is 0 Å². The zero-order valence-electron chi connectivity index (χ0n) is 7.02. The van der Waals surface area contributed by atoms with Crippen LogP contribution in [0, 0.1) is 12.3 Å². The minimum absolute atomic E-state index is 0.252. The van der Waals surface area contributed by atoms with Crippen LogP contribution in [0.3, 0.4) is 0 Å². The first-order chi connectivity index (χ1) is 5.31. The van der Waals surface area contributed by atoms with Gasteiger partial charge in [0.05, 0.1) is 13.1 Å². The van der Waals surface area contributed by atoms with Gasteiger partial charge >= 0.3 is 0 Å². The predicted molar refractivity (Wildman–Crippen MR) is 46.2 cm³/mol. The monoisotopic (exact) mass is 153 g/mol. The lowest BCUT2D eigenvalue weighted by atomic mass is 10.2. The number of ketones is 1. The molecule has 0 atom stereocenters.